The molecule has 1 spiro atoms. The molecule has 3 aromatic rings. The zero-order valence-electron chi connectivity index (χ0n) is 18.2. The number of piperidine rings is 1. The number of amides is 1. The highest BCUT2D eigenvalue weighted by Gasteiger charge is 2.50. The fraction of sp³-hybridized carbons (Fsp3) is 0.333. The third-order valence-electron chi connectivity index (χ3n) is 6.97. The number of aryl methyl sites for hydroxylation is 1. The van der Waals surface area contributed by atoms with Gasteiger partial charge in [0, 0.05) is 37.8 Å². The van der Waals surface area contributed by atoms with Gasteiger partial charge < -0.3 is 9.88 Å². The van der Waals surface area contributed by atoms with Crippen LogP contribution in [0.5, 0.6) is 0 Å². The first-order valence-electron chi connectivity index (χ1n) is 10.9. The Morgan fingerprint density at radius 1 is 1.12 bits per heavy atom. The van der Waals surface area contributed by atoms with Crippen LogP contribution in [0.2, 0.25) is 5.02 Å². The molecule has 0 saturated carbocycles. The predicted octanol–water partition coefficient (Wildman–Crippen LogP) is 3.15. The van der Waals surface area contributed by atoms with Crippen molar-refractivity contribution in [3.05, 3.63) is 82.8 Å². The number of rotatable bonds is 4. The number of halogens is 1. The Morgan fingerprint density at radius 3 is 2.52 bits per heavy atom. The van der Waals surface area contributed by atoms with Gasteiger partial charge in [-0.1, -0.05) is 48.0 Å². The summed E-state index contributed by atoms with van der Waals surface area (Å²) in [4.78, 5) is 17.1. The Hall–Kier alpha value is -2.68. The highest BCUT2D eigenvalue weighted by Crippen LogP contribution is 2.47. The van der Waals surface area contributed by atoms with Gasteiger partial charge in [0.15, 0.2) is 5.03 Å². The number of benzene rings is 2. The number of nitrogens with one attached hydrogen (secondary N) is 1. The van der Waals surface area contributed by atoms with Crippen molar-refractivity contribution in [2.75, 3.05) is 13.1 Å². The molecule has 1 saturated heterocycles. The predicted molar refractivity (Wildman–Crippen MR) is 126 cm³/mol. The number of hydrogen-bond acceptors (Lipinski definition) is 4. The van der Waals surface area contributed by atoms with Crippen LogP contribution in [0.25, 0.3) is 0 Å². The highest BCUT2D eigenvalue weighted by atomic mass is 35.5. The number of nitrogens with zero attached hydrogens (tertiary/aromatic N) is 3. The van der Waals surface area contributed by atoms with Gasteiger partial charge in [0.25, 0.3) is 15.9 Å². The van der Waals surface area contributed by atoms with Crippen molar-refractivity contribution in [3.8, 4) is 0 Å². The van der Waals surface area contributed by atoms with Gasteiger partial charge in [0.05, 0.1) is 16.9 Å². The van der Waals surface area contributed by atoms with Gasteiger partial charge in [-0.15, -0.1) is 0 Å². The van der Waals surface area contributed by atoms with E-state index in [2.05, 4.69) is 22.4 Å². The number of carbonyl (C=O) groups excluding carboxylic acids is 1. The molecule has 1 aliphatic carbocycles. The van der Waals surface area contributed by atoms with E-state index < -0.39 is 10.0 Å². The monoisotopic (exact) mass is 484 g/mol. The summed E-state index contributed by atoms with van der Waals surface area (Å²) in [5.41, 5.74) is 2.51. The van der Waals surface area contributed by atoms with Crippen LogP contribution in [0.4, 0.5) is 0 Å². The van der Waals surface area contributed by atoms with E-state index in [1.807, 2.05) is 12.1 Å². The summed E-state index contributed by atoms with van der Waals surface area (Å²) in [5, 5.41) is 3.70. The van der Waals surface area contributed by atoms with Crippen molar-refractivity contribution in [2.45, 2.75) is 35.7 Å². The van der Waals surface area contributed by atoms with Crippen LogP contribution in [-0.4, -0.2) is 47.3 Å². The Morgan fingerprint density at radius 2 is 1.82 bits per heavy atom. The van der Waals surface area contributed by atoms with Crippen LogP contribution < -0.4 is 5.32 Å². The molecule has 1 fully saturated rings. The molecular formula is C24H25ClN4O3S. The zero-order chi connectivity index (χ0) is 23.2. The summed E-state index contributed by atoms with van der Waals surface area (Å²) >= 11 is 6.26. The van der Waals surface area contributed by atoms with Gasteiger partial charge in [-0.05, 0) is 42.5 Å². The van der Waals surface area contributed by atoms with Crippen LogP contribution in [0.1, 0.15) is 34.3 Å². The Kier molecular flexibility index (Phi) is 5.55. The first-order valence-corrected chi connectivity index (χ1v) is 12.7. The normalized spacial score (nSPS) is 20.0. The van der Waals surface area contributed by atoms with E-state index in [1.54, 1.807) is 35.9 Å². The molecule has 5 rings (SSSR count). The maximum absolute atomic E-state index is 13.1. The smallest absolute Gasteiger partial charge is 0.262 e. The lowest BCUT2D eigenvalue weighted by molar-refractivity contribution is 0.0897. The molecular weight excluding hydrogens is 460 g/mol. The molecule has 0 radical (unpaired) electrons. The molecule has 33 heavy (non-hydrogen) atoms. The fourth-order valence-corrected chi connectivity index (χ4v) is 6.88. The van der Waals surface area contributed by atoms with Crippen molar-refractivity contribution in [2.24, 2.45) is 7.05 Å². The zero-order valence-corrected chi connectivity index (χ0v) is 19.8. The minimum atomic E-state index is -3.66. The standard InChI is InChI=1S/C24H25ClN4O3S/c1-28-15-22(26-16-28)33(31,32)29-12-10-24(11-13-29)19-8-4-2-6-17(19)14-21(24)27-23(30)18-7-3-5-9-20(18)25/h2-9,15-16,21H,10-14H2,1H3,(H,27,30). The lowest BCUT2D eigenvalue weighted by Gasteiger charge is -2.43. The van der Waals surface area contributed by atoms with E-state index >= 15 is 0 Å². The summed E-state index contributed by atoms with van der Waals surface area (Å²) in [5.74, 6) is -0.207. The van der Waals surface area contributed by atoms with Gasteiger partial charge in [-0.2, -0.15) is 4.31 Å². The number of fused-ring (bicyclic) bond motifs is 2. The minimum Gasteiger partial charge on any atom is -0.348 e. The average Bonchev–Trinajstić information content (AvgIpc) is 3.37. The quantitative estimate of drug-likeness (QED) is 0.616. The number of hydrogen-bond donors (Lipinski definition) is 1. The third-order valence-corrected chi connectivity index (χ3v) is 9.08. The molecule has 2 aromatic carbocycles. The van der Waals surface area contributed by atoms with Gasteiger partial charge >= 0.3 is 0 Å². The SMILES string of the molecule is Cn1cnc(S(=O)(=O)N2CCC3(CC2)c2ccccc2CC3NC(=O)c2ccccc2Cl)c1. The van der Waals surface area contributed by atoms with E-state index in [0.29, 0.717) is 42.9 Å². The molecule has 2 aliphatic rings. The highest BCUT2D eigenvalue weighted by molar-refractivity contribution is 7.89. The lowest BCUT2D eigenvalue weighted by Crippen LogP contribution is -2.54. The summed E-state index contributed by atoms with van der Waals surface area (Å²) in [6.07, 6.45) is 4.95. The Balaban J connectivity index is 1.42. The average molecular weight is 485 g/mol. The lowest BCUT2D eigenvalue weighted by atomic mass is 9.71. The number of aromatic nitrogens is 2. The number of imidazole rings is 1. The molecule has 1 aromatic heterocycles. The van der Waals surface area contributed by atoms with Gasteiger partial charge in [-0.3, -0.25) is 4.79 Å². The Bertz CT molecular complexity index is 1310. The fourth-order valence-electron chi connectivity index (χ4n) is 5.26. The topological polar surface area (TPSA) is 84.3 Å². The molecule has 1 aliphatic heterocycles. The largest absolute Gasteiger partial charge is 0.348 e. The van der Waals surface area contributed by atoms with Crippen molar-refractivity contribution in [3.63, 3.8) is 0 Å². The van der Waals surface area contributed by atoms with Crippen molar-refractivity contribution < 1.29 is 13.2 Å². The molecule has 1 atom stereocenters. The van der Waals surface area contributed by atoms with Gasteiger partial charge in [0.2, 0.25) is 0 Å². The molecule has 1 amide bonds. The molecule has 2 heterocycles. The summed E-state index contributed by atoms with van der Waals surface area (Å²) < 4.78 is 29.3. The van der Waals surface area contributed by atoms with Crippen molar-refractivity contribution in [1.29, 1.82) is 0 Å². The van der Waals surface area contributed by atoms with Crippen molar-refractivity contribution in [1.82, 2.24) is 19.2 Å². The van der Waals surface area contributed by atoms with Gasteiger partial charge in [-0.25, -0.2) is 13.4 Å². The third kappa shape index (κ3) is 3.76. The first-order chi connectivity index (χ1) is 15.8. The maximum Gasteiger partial charge on any atom is 0.262 e. The summed E-state index contributed by atoms with van der Waals surface area (Å²) in [7, 11) is -1.91. The summed E-state index contributed by atoms with van der Waals surface area (Å²) in [6, 6.07) is 15.1. The van der Waals surface area contributed by atoms with E-state index in [-0.39, 0.29) is 22.4 Å². The van der Waals surface area contributed by atoms with E-state index in [0.717, 1.165) is 0 Å². The second-order valence-corrected chi connectivity index (χ2v) is 11.1. The van der Waals surface area contributed by atoms with Crippen LogP contribution in [0.3, 0.4) is 0 Å². The van der Waals surface area contributed by atoms with Crippen molar-refractivity contribution >= 4 is 27.5 Å². The molecule has 172 valence electrons. The molecule has 1 unspecified atom stereocenters. The second-order valence-electron chi connectivity index (χ2n) is 8.80. The van der Waals surface area contributed by atoms with Crippen LogP contribution in [0, 0.1) is 0 Å². The van der Waals surface area contributed by atoms with E-state index in [4.69, 9.17) is 11.6 Å². The first kappa shape index (κ1) is 22.1. The van der Waals surface area contributed by atoms with E-state index in [9.17, 15) is 13.2 Å². The van der Waals surface area contributed by atoms with Crippen LogP contribution >= 0.6 is 11.6 Å². The van der Waals surface area contributed by atoms with Crippen LogP contribution in [-0.2, 0) is 28.9 Å². The second kappa shape index (κ2) is 8.27. The number of carbonyl (C=O) groups is 1. The maximum atomic E-state index is 13.1. The number of sulfonamides is 1. The molecule has 0 bridgehead atoms. The molecule has 1 N–H and O–H groups in total. The summed E-state index contributed by atoms with van der Waals surface area (Å²) in [6.45, 7) is 0.734. The molecule has 9 heteroatoms. The van der Waals surface area contributed by atoms with E-state index in [1.165, 1.54) is 28.0 Å². The van der Waals surface area contributed by atoms with Crippen LogP contribution in [0.15, 0.2) is 66.1 Å². The van der Waals surface area contributed by atoms with Gasteiger partial charge in [0.1, 0.15) is 0 Å². The minimum absolute atomic E-state index is 0.0661. The Labute approximate surface area is 198 Å². The molecule has 7 nitrogen and oxygen atoms in total.